The molecule has 0 spiro atoms. The quantitative estimate of drug-likeness (QED) is 0.184. The number of amides is 1. The molecule has 4 aromatic rings. The van der Waals surface area contributed by atoms with Gasteiger partial charge in [-0.2, -0.15) is 23.1 Å². The third kappa shape index (κ3) is 6.72. The minimum Gasteiger partial charge on any atom is -0.489 e. The molecule has 1 aromatic carbocycles. The van der Waals surface area contributed by atoms with Gasteiger partial charge in [0.1, 0.15) is 24.8 Å². The van der Waals surface area contributed by atoms with Gasteiger partial charge in [0.2, 0.25) is 5.91 Å². The van der Waals surface area contributed by atoms with E-state index in [1.165, 1.54) is 24.6 Å². The zero-order valence-corrected chi connectivity index (χ0v) is 32.6. The Balaban J connectivity index is 1.08. The minimum atomic E-state index is -4.76. The number of anilines is 2. The summed E-state index contributed by atoms with van der Waals surface area (Å²) >= 11 is 7.05. The summed E-state index contributed by atoms with van der Waals surface area (Å²) in [5.74, 6) is 0.344. The molecule has 9 rings (SSSR count). The molecule has 57 heavy (non-hydrogen) atoms. The molecule has 8 heterocycles. The summed E-state index contributed by atoms with van der Waals surface area (Å²) in [6.07, 6.45) is 4.10. The molecule has 5 aliphatic heterocycles. The standard InChI is InChI=1S/C41H43ClF3N9O3/c1-23-17-40(9-4-11-53(40)18-23)22-57-39-48-30-16-27(36-34(41(43,44)45)24(2)15-31(46)49-36)35(42)37-33(30)38(50-39)54-14-13-52(19-26(54)21-56-37)32(55)6-5-29-28-20-51(3)12-8-25(28)7-10-47-29/h5-7,10,15-16,26H,1,4,8-9,11-14,17-22H2,2-3H3,(H2,46,49)/b6-5+/t26-,40-/m0/s1. The highest BCUT2D eigenvalue weighted by Crippen LogP contribution is 2.49. The SMILES string of the molecule is C=C1CN2CCC[C@@]2(COc2nc3c4c(c(Cl)c(-c5nc(N)cc(C)c5C(F)(F)F)cc4n2)OC[C@@H]2CN(C(=O)/C=C/c4nccc5c4CN(C)CC5)CCN32)C1. The van der Waals surface area contributed by atoms with E-state index in [0.29, 0.717) is 37.4 Å². The van der Waals surface area contributed by atoms with Crippen LogP contribution in [-0.2, 0) is 23.9 Å². The first kappa shape index (κ1) is 37.6. The van der Waals surface area contributed by atoms with Crippen LogP contribution in [0.1, 0.15) is 47.2 Å². The number of hydrogen-bond donors (Lipinski definition) is 1. The lowest BCUT2D eigenvalue weighted by Crippen LogP contribution is -2.56. The maximum Gasteiger partial charge on any atom is 0.418 e. The van der Waals surface area contributed by atoms with E-state index in [-0.39, 0.29) is 63.3 Å². The smallest absolute Gasteiger partial charge is 0.418 e. The molecule has 3 saturated heterocycles. The van der Waals surface area contributed by atoms with Crippen LogP contribution in [0.4, 0.5) is 24.8 Å². The van der Waals surface area contributed by atoms with Gasteiger partial charge in [0.15, 0.2) is 5.75 Å². The van der Waals surface area contributed by atoms with Gasteiger partial charge in [-0.15, -0.1) is 0 Å². The Morgan fingerprint density at radius 3 is 2.84 bits per heavy atom. The lowest BCUT2D eigenvalue weighted by molar-refractivity contribution is -0.137. The van der Waals surface area contributed by atoms with Gasteiger partial charge in [0, 0.05) is 57.1 Å². The van der Waals surface area contributed by atoms with Gasteiger partial charge in [0.25, 0.3) is 0 Å². The highest BCUT2D eigenvalue weighted by molar-refractivity contribution is 6.36. The van der Waals surface area contributed by atoms with E-state index >= 15 is 0 Å². The number of aromatic nitrogens is 4. The zero-order chi connectivity index (χ0) is 39.8. The van der Waals surface area contributed by atoms with Crippen LogP contribution in [0.2, 0.25) is 5.02 Å². The Kier molecular flexibility index (Phi) is 9.32. The highest BCUT2D eigenvalue weighted by Gasteiger charge is 2.47. The Morgan fingerprint density at radius 1 is 1.18 bits per heavy atom. The van der Waals surface area contributed by atoms with Crippen molar-refractivity contribution >= 4 is 46.1 Å². The van der Waals surface area contributed by atoms with Crippen molar-refractivity contribution in [2.24, 2.45) is 0 Å². The van der Waals surface area contributed by atoms with Gasteiger partial charge in [-0.25, -0.2) is 4.98 Å². The second kappa shape index (κ2) is 14.1. The van der Waals surface area contributed by atoms with E-state index < -0.39 is 17.4 Å². The summed E-state index contributed by atoms with van der Waals surface area (Å²) in [6.45, 7) is 10.5. The lowest BCUT2D eigenvalue weighted by atomic mass is 9.94. The number of alkyl halides is 3. The molecule has 0 unspecified atom stereocenters. The molecule has 3 fully saturated rings. The van der Waals surface area contributed by atoms with Crippen molar-refractivity contribution in [1.82, 2.24) is 34.6 Å². The van der Waals surface area contributed by atoms with Gasteiger partial charge in [0.05, 0.1) is 44.5 Å². The molecule has 0 radical (unpaired) electrons. The molecule has 0 saturated carbocycles. The molecule has 1 amide bonds. The van der Waals surface area contributed by atoms with Crippen molar-refractivity contribution in [3.8, 4) is 23.0 Å². The summed E-state index contributed by atoms with van der Waals surface area (Å²) < 4.78 is 56.7. The van der Waals surface area contributed by atoms with Crippen molar-refractivity contribution in [1.29, 1.82) is 0 Å². The van der Waals surface area contributed by atoms with Gasteiger partial charge in [-0.3, -0.25) is 14.7 Å². The largest absolute Gasteiger partial charge is 0.489 e. The number of ether oxygens (including phenoxy) is 2. The number of pyridine rings is 2. The number of benzene rings is 1. The summed E-state index contributed by atoms with van der Waals surface area (Å²) in [5, 5.41) is 0.362. The average molecular weight is 802 g/mol. The summed E-state index contributed by atoms with van der Waals surface area (Å²) in [6, 6.07) is 4.40. The number of hydrogen-bond acceptors (Lipinski definition) is 11. The first-order valence-corrected chi connectivity index (χ1v) is 19.6. The molecule has 12 nitrogen and oxygen atoms in total. The van der Waals surface area contributed by atoms with Crippen molar-refractivity contribution in [2.75, 3.05) is 70.2 Å². The molecule has 16 heteroatoms. The topological polar surface area (TPSA) is 126 Å². The molecule has 3 aromatic heterocycles. The fourth-order valence-electron chi connectivity index (χ4n) is 9.36. The van der Waals surface area contributed by atoms with Crippen LogP contribution in [0, 0.1) is 6.92 Å². The average Bonchev–Trinajstić information content (AvgIpc) is 3.63. The molecule has 2 N–H and O–H groups in total. The van der Waals surface area contributed by atoms with Crippen LogP contribution < -0.4 is 20.1 Å². The Hall–Kier alpha value is -4.99. The molecular formula is C41H43ClF3N9O3. The molecule has 5 aliphatic rings. The Bertz CT molecular complexity index is 2360. The third-order valence-electron chi connectivity index (χ3n) is 12.1. The number of nitrogens with two attached hydrogens (primary N) is 1. The number of halogens is 4. The van der Waals surface area contributed by atoms with Crippen molar-refractivity contribution in [2.45, 2.75) is 56.9 Å². The number of nitrogen functional groups attached to an aromatic ring is 1. The van der Waals surface area contributed by atoms with Crippen molar-refractivity contribution < 1.29 is 27.4 Å². The predicted molar refractivity (Wildman–Crippen MR) is 211 cm³/mol. The number of fused-ring (bicyclic) bond motifs is 4. The van der Waals surface area contributed by atoms with Crippen LogP contribution in [0.5, 0.6) is 11.8 Å². The Morgan fingerprint density at radius 2 is 2.02 bits per heavy atom. The molecule has 0 bridgehead atoms. The maximum absolute atomic E-state index is 14.6. The summed E-state index contributed by atoms with van der Waals surface area (Å²) in [5.41, 5.74) is 8.87. The number of likely N-dealkylation sites (N-methyl/N-ethyl adjacent to an activating group) is 1. The molecular weight excluding hydrogens is 759 g/mol. The van der Waals surface area contributed by atoms with Crippen LogP contribution in [-0.4, -0.2) is 112 Å². The number of piperazine rings is 1. The summed E-state index contributed by atoms with van der Waals surface area (Å²) in [7, 11) is 2.07. The zero-order valence-electron chi connectivity index (χ0n) is 31.8. The van der Waals surface area contributed by atoms with Crippen molar-refractivity contribution in [3.05, 3.63) is 75.6 Å². The molecule has 0 aliphatic carbocycles. The maximum atomic E-state index is 14.6. The first-order chi connectivity index (χ1) is 27.3. The Labute approximate surface area is 333 Å². The first-order valence-electron chi connectivity index (χ1n) is 19.2. The predicted octanol–water partition coefficient (Wildman–Crippen LogP) is 5.93. The second-order valence-electron chi connectivity index (χ2n) is 15.9. The lowest BCUT2D eigenvalue weighted by Gasteiger charge is -2.40. The van der Waals surface area contributed by atoms with E-state index in [4.69, 9.17) is 36.8 Å². The number of carbonyl (C=O) groups excluding carboxylic acids is 1. The second-order valence-corrected chi connectivity index (χ2v) is 16.3. The van der Waals surface area contributed by atoms with Gasteiger partial charge in [-0.1, -0.05) is 23.8 Å². The van der Waals surface area contributed by atoms with Crippen LogP contribution >= 0.6 is 11.6 Å². The van der Waals surface area contributed by atoms with Crippen LogP contribution in [0.25, 0.3) is 28.2 Å². The van der Waals surface area contributed by atoms with Crippen molar-refractivity contribution in [3.63, 3.8) is 0 Å². The number of rotatable bonds is 6. The van der Waals surface area contributed by atoms with E-state index in [9.17, 15) is 18.0 Å². The number of carbonyl (C=O) groups is 1. The van der Waals surface area contributed by atoms with Gasteiger partial charge < -0.3 is 29.9 Å². The highest BCUT2D eigenvalue weighted by atomic mass is 35.5. The van der Waals surface area contributed by atoms with Gasteiger partial charge >= 0.3 is 12.2 Å². The fourth-order valence-corrected chi connectivity index (χ4v) is 9.65. The fraction of sp³-hybridized carbons (Fsp3) is 0.439. The molecule has 2 atom stereocenters. The summed E-state index contributed by atoms with van der Waals surface area (Å²) in [4.78, 5) is 40.6. The third-order valence-corrected chi connectivity index (χ3v) is 12.4. The van der Waals surface area contributed by atoms with E-state index in [2.05, 4.69) is 38.3 Å². The van der Waals surface area contributed by atoms with E-state index in [1.807, 2.05) is 6.07 Å². The normalized spacial score (nSPS) is 22.4. The number of nitrogens with zero attached hydrogens (tertiary/aromatic N) is 8. The molecule has 298 valence electrons. The van der Waals surface area contributed by atoms with Crippen LogP contribution in [0.15, 0.2) is 42.6 Å². The monoisotopic (exact) mass is 801 g/mol. The van der Waals surface area contributed by atoms with Gasteiger partial charge in [-0.05, 0) is 87.2 Å². The van der Waals surface area contributed by atoms with Crippen LogP contribution in [0.3, 0.4) is 0 Å². The minimum absolute atomic E-state index is 0.0325. The van der Waals surface area contributed by atoms with E-state index in [1.54, 1.807) is 23.2 Å². The number of aryl methyl sites for hydroxylation is 1. The van der Waals surface area contributed by atoms with E-state index in [0.717, 1.165) is 68.7 Å².